The van der Waals surface area contributed by atoms with Gasteiger partial charge >= 0.3 is 11.5 Å². The molecule has 426 valence electrons. The number of aliphatic hydroxyl groups is 4. The topological polar surface area (TPSA) is 178 Å². The Balaban J connectivity index is 1.42. The Morgan fingerprint density at radius 1 is 0.973 bits per heavy atom. The molecule has 16 nitrogen and oxygen atoms in total. The maximum absolute atomic E-state index is 14.9. The smallest absolute Gasteiger partial charge is 0.446 e. The van der Waals surface area contributed by atoms with Crippen molar-refractivity contribution in [3.8, 4) is 0 Å². The van der Waals surface area contributed by atoms with Crippen molar-refractivity contribution in [1.29, 1.82) is 0 Å². The Kier molecular flexibility index (Phi) is 21.6. The predicted molar refractivity (Wildman–Crippen MR) is 274 cm³/mol. The van der Waals surface area contributed by atoms with E-state index in [1.807, 2.05) is 66.9 Å². The molecule has 3 fully saturated rings. The van der Waals surface area contributed by atoms with Gasteiger partial charge in [-0.15, -0.1) is 5.53 Å². The number of cyclic esters (lactones) is 1. The normalized spacial score (nSPS) is 39.6. The number of hydrazine groups is 2. The van der Waals surface area contributed by atoms with Gasteiger partial charge in [-0.2, -0.15) is 13.2 Å². The number of likely N-dealkylation sites (N-methyl/N-ethyl adjacent to an activating group) is 1. The van der Waals surface area contributed by atoms with Crippen LogP contribution in [0.2, 0.25) is 0 Å². The van der Waals surface area contributed by atoms with Crippen molar-refractivity contribution in [3.05, 3.63) is 41.7 Å². The summed E-state index contributed by atoms with van der Waals surface area (Å²) in [6, 6.07) is 4.31. The first-order valence-corrected chi connectivity index (χ1v) is 27.1. The summed E-state index contributed by atoms with van der Waals surface area (Å²) in [4.78, 5) is 18.8. The molecule has 0 spiro atoms. The molecule has 4 heterocycles. The molecular weight excluding hydrogens is 991 g/mol. The first kappa shape index (κ1) is 62.5. The molecule has 0 radical (unpaired) electrons. The van der Waals surface area contributed by atoms with Gasteiger partial charge in [0.05, 0.1) is 41.5 Å². The Bertz CT molecular complexity index is 1980. The number of halogens is 4. The van der Waals surface area contributed by atoms with Crippen LogP contribution in [0.1, 0.15) is 119 Å². The number of methoxy groups -OCH3 is 2. The van der Waals surface area contributed by atoms with E-state index in [1.165, 1.54) is 45.4 Å². The monoisotopic (exact) mass is 1080 g/mol. The Hall–Kier alpha value is -2.38. The second-order valence-corrected chi connectivity index (χ2v) is 23.7. The van der Waals surface area contributed by atoms with Gasteiger partial charge in [0.25, 0.3) is 0 Å². The number of alkyl halides is 4. The number of carbonyl (C=O) groups excluding carboxylic acids is 1. The fraction of sp³-hybridized carbons (Fsp3) is 0.830. The third-order valence-corrected chi connectivity index (χ3v) is 17.4. The minimum atomic E-state index is -4.43. The number of hydrogen-bond acceptors (Lipinski definition) is 17. The molecule has 5 rings (SSSR count). The van der Waals surface area contributed by atoms with Crippen LogP contribution >= 0.6 is 11.8 Å². The predicted octanol–water partition coefficient (Wildman–Crippen LogP) is 6.81. The van der Waals surface area contributed by atoms with Gasteiger partial charge < -0.3 is 58.6 Å². The molecule has 21 heteroatoms. The van der Waals surface area contributed by atoms with E-state index in [0.29, 0.717) is 37.9 Å². The zero-order chi connectivity index (χ0) is 55.4. The standard InChI is InChI=1S/C53H89F4N5O11S/c1-16-42-52(10,67)46(63)34(6)60(12)28-30(2)25-50(8,66)48(32(4)44(33(5)49(65)72-42)41-26-51(9,69-15)47(64)35(7)71-41)73-43-24-38(23-31(3)70-43)59(11)22-21-37-29-62(58-61(37)13)40(27-54)45(68-14)36-17-19-39(20-18-36)74-53(55,56)57/h17-20,29-35,38,40-48,58,63-64,66-67H,16,21-28H2,1-15H3/t30-,31-,32+,33-,34-,35+,38+,40-,41?,42-,43+,44+,45-,46-,47+,48-,50-,51-,52-/m1/s1. The van der Waals surface area contributed by atoms with Crippen molar-refractivity contribution in [2.24, 2.45) is 23.7 Å². The Morgan fingerprint density at radius 3 is 2.20 bits per heavy atom. The second kappa shape index (κ2) is 25.6. The lowest BCUT2D eigenvalue weighted by atomic mass is 9.68. The van der Waals surface area contributed by atoms with Crippen molar-refractivity contribution in [3.63, 3.8) is 0 Å². The number of thioether (sulfide) groups is 1. The van der Waals surface area contributed by atoms with E-state index in [-0.39, 0.29) is 54.0 Å². The number of hydrogen-bond donors (Lipinski definition) is 5. The maximum atomic E-state index is 14.9. The minimum absolute atomic E-state index is 0.0188. The van der Waals surface area contributed by atoms with E-state index in [2.05, 4.69) is 10.4 Å². The lowest BCUT2D eigenvalue weighted by molar-refractivity contribution is -0.275. The molecule has 5 N–H and O–H groups in total. The van der Waals surface area contributed by atoms with Crippen LogP contribution in [-0.2, 0) is 33.2 Å². The number of benzene rings is 1. The van der Waals surface area contributed by atoms with E-state index in [0.717, 1.165) is 5.70 Å². The molecule has 1 aromatic carbocycles. The Labute approximate surface area is 441 Å². The Morgan fingerprint density at radius 2 is 1.62 bits per heavy atom. The van der Waals surface area contributed by atoms with Crippen LogP contribution in [0.4, 0.5) is 17.6 Å². The summed E-state index contributed by atoms with van der Waals surface area (Å²) in [7, 11) is 8.68. The summed E-state index contributed by atoms with van der Waals surface area (Å²) >= 11 is -0.217. The van der Waals surface area contributed by atoms with Crippen LogP contribution in [0.3, 0.4) is 0 Å². The van der Waals surface area contributed by atoms with Gasteiger partial charge in [0.2, 0.25) is 0 Å². The summed E-state index contributed by atoms with van der Waals surface area (Å²) < 4.78 is 92.1. The molecule has 4 aliphatic heterocycles. The summed E-state index contributed by atoms with van der Waals surface area (Å²) in [6.45, 7) is 18.3. The highest BCUT2D eigenvalue weighted by molar-refractivity contribution is 8.00. The molecule has 4 aliphatic rings. The van der Waals surface area contributed by atoms with Crippen LogP contribution in [0.5, 0.6) is 0 Å². The third-order valence-electron chi connectivity index (χ3n) is 16.6. The number of ether oxygens (including phenoxy) is 6. The molecule has 0 aliphatic carbocycles. The third kappa shape index (κ3) is 14.8. The summed E-state index contributed by atoms with van der Waals surface area (Å²) in [5.41, 5.74) is -4.24. The van der Waals surface area contributed by atoms with Crippen molar-refractivity contribution < 1.29 is 71.2 Å². The zero-order valence-corrected chi connectivity index (χ0v) is 47.2. The summed E-state index contributed by atoms with van der Waals surface area (Å²) in [5, 5.41) is 51.3. The van der Waals surface area contributed by atoms with E-state index in [9.17, 15) is 42.8 Å². The minimum Gasteiger partial charge on any atom is -0.459 e. The quantitative estimate of drug-likeness (QED) is 0.0703. The molecule has 1 aromatic rings. The number of carbonyl (C=O) groups is 1. The van der Waals surface area contributed by atoms with Crippen molar-refractivity contribution in [2.75, 3.05) is 55.1 Å². The van der Waals surface area contributed by atoms with Gasteiger partial charge in [-0.1, -0.05) is 39.8 Å². The molecule has 19 atom stereocenters. The zero-order valence-electron chi connectivity index (χ0n) is 46.3. The highest BCUT2D eigenvalue weighted by Gasteiger charge is 2.54. The first-order valence-electron chi connectivity index (χ1n) is 26.3. The van der Waals surface area contributed by atoms with E-state index >= 15 is 0 Å². The average molecular weight is 1080 g/mol. The number of rotatable bonds is 15. The van der Waals surface area contributed by atoms with Crippen molar-refractivity contribution in [1.82, 2.24) is 25.4 Å². The SMILES string of the molecule is CC[C@H]1OC(=O)[C@H](C)[C@@H](C2C[C@@](C)(OC)[C@@H](O)[C@H](C)O2)[C@H](C)[C@@H](O[C@H]2C[C@@H](N(C)CCC3=CN([C@H](CF)[C@H](OC)c4ccc(SC(F)(F)F)cc4)NN3C)C[C@@H](C)O2)[C@](C)(O)C[C@@H](C)CN(C)[C@H](C)[C@@H](O)[C@]1(C)O. The molecule has 74 heavy (non-hydrogen) atoms. The number of nitrogens with zero attached hydrogens (tertiary/aromatic N) is 4. The number of nitrogens with one attached hydrogen (secondary N) is 1. The highest BCUT2D eigenvalue weighted by atomic mass is 32.2. The van der Waals surface area contributed by atoms with Crippen LogP contribution in [0.25, 0.3) is 0 Å². The maximum Gasteiger partial charge on any atom is 0.446 e. The van der Waals surface area contributed by atoms with E-state index in [4.69, 9.17) is 28.4 Å². The molecule has 0 amide bonds. The van der Waals surface area contributed by atoms with Crippen LogP contribution in [0.15, 0.2) is 41.1 Å². The number of esters is 1. The average Bonchev–Trinajstić information content (AvgIpc) is 3.69. The van der Waals surface area contributed by atoms with E-state index < -0.39 is 114 Å². The van der Waals surface area contributed by atoms with Crippen molar-refractivity contribution in [2.45, 2.75) is 208 Å². The number of aliphatic hydroxyl groups excluding tert-OH is 2. The molecular formula is C53H89F4N5O11S. The van der Waals surface area contributed by atoms with Crippen molar-refractivity contribution >= 4 is 17.7 Å². The molecule has 0 bridgehead atoms. The molecule has 0 saturated carbocycles. The fourth-order valence-corrected chi connectivity index (χ4v) is 12.8. The largest absolute Gasteiger partial charge is 0.459 e. The lowest BCUT2D eigenvalue weighted by Gasteiger charge is -2.51. The summed E-state index contributed by atoms with van der Waals surface area (Å²) in [5.74, 6) is -2.98. The molecule has 0 aromatic heterocycles. The van der Waals surface area contributed by atoms with Crippen LogP contribution < -0.4 is 5.53 Å². The van der Waals surface area contributed by atoms with Crippen LogP contribution in [-0.4, -0.2) is 191 Å². The van der Waals surface area contributed by atoms with Gasteiger partial charge in [-0.25, -0.2) is 4.39 Å². The van der Waals surface area contributed by atoms with Gasteiger partial charge in [0.1, 0.15) is 42.7 Å². The second-order valence-electron chi connectivity index (χ2n) is 22.6. The van der Waals surface area contributed by atoms with Crippen LogP contribution in [0, 0.1) is 23.7 Å². The molecule has 3 saturated heterocycles. The van der Waals surface area contributed by atoms with Gasteiger partial charge in [-0.05, 0) is 116 Å². The molecule has 1 unspecified atom stereocenters. The van der Waals surface area contributed by atoms with E-state index in [1.54, 1.807) is 37.7 Å². The summed E-state index contributed by atoms with van der Waals surface area (Å²) in [6.07, 6.45) is -3.33. The highest BCUT2D eigenvalue weighted by Crippen LogP contribution is 2.45. The lowest BCUT2D eigenvalue weighted by Crippen LogP contribution is -2.61. The van der Waals surface area contributed by atoms with Gasteiger partial charge in [0, 0.05) is 88.4 Å². The van der Waals surface area contributed by atoms with Gasteiger partial charge in [-0.3, -0.25) is 14.8 Å². The van der Waals surface area contributed by atoms with Gasteiger partial charge in [0.15, 0.2) is 6.29 Å². The first-order chi connectivity index (χ1) is 34.4. The fourth-order valence-electron chi connectivity index (χ4n) is 12.2.